The summed E-state index contributed by atoms with van der Waals surface area (Å²) in [4.78, 5) is 0. The van der Waals surface area contributed by atoms with Crippen molar-refractivity contribution in [1.82, 2.24) is 4.57 Å². The molecule has 4 heteroatoms. The number of hydrogen-bond donors (Lipinski definition) is 0. The van der Waals surface area contributed by atoms with Crippen LogP contribution >= 0.6 is 0 Å². The highest BCUT2D eigenvalue weighted by molar-refractivity contribution is 6.22. The molecule has 4 nitrogen and oxygen atoms in total. The maximum absolute atomic E-state index is 5.96. The molecule has 7 rings (SSSR count). The summed E-state index contributed by atoms with van der Waals surface area (Å²) >= 11 is 0. The molecule has 154 valence electrons. The number of rotatable bonds is 1. The molecule has 3 heterocycles. The van der Waals surface area contributed by atoms with Gasteiger partial charge in [-0.05, 0) is 65.0 Å². The second-order valence-electron chi connectivity index (χ2n) is 8.62. The fraction of sp³-hybridized carbons (Fsp3) is 0.107. The maximum atomic E-state index is 5.96. The molecule has 4 aromatic carbocycles. The zero-order valence-electron chi connectivity index (χ0n) is 18.1. The highest BCUT2D eigenvalue weighted by atomic mass is 16.5. The molecule has 3 aromatic heterocycles. The molecule has 0 aliphatic heterocycles. The van der Waals surface area contributed by atoms with Crippen LogP contribution in [0.1, 0.15) is 11.4 Å². The van der Waals surface area contributed by atoms with Crippen LogP contribution in [0.4, 0.5) is 0 Å². The van der Waals surface area contributed by atoms with Gasteiger partial charge in [-0.1, -0.05) is 30.3 Å². The van der Waals surface area contributed by atoms with E-state index in [0.717, 1.165) is 21.7 Å². The molecule has 0 aliphatic carbocycles. The average Bonchev–Trinajstić information content (AvgIpc) is 3.46. The van der Waals surface area contributed by atoms with Crippen LogP contribution < -0.4 is 4.57 Å². The topological polar surface area (TPSA) is 35.1 Å². The third-order valence-corrected chi connectivity index (χ3v) is 6.93. The van der Waals surface area contributed by atoms with Crippen molar-refractivity contribution in [3.63, 3.8) is 0 Å². The van der Waals surface area contributed by atoms with E-state index >= 15 is 0 Å². The largest absolute Gasteiger partial charge is 0.433 e. The van der Waals surface area contributed by atoms with Gasteiger partial charge in [0.05, 0.1) is 18.7 Å². The number of aryl methyl sites for hydroxylation is 2. The van der Waals surface area contributed by atoms with Gasteiger partial charge in [0.25, 0.3) is 11.6 Å². The smallest absolute Gasteiger partial charge is 0.298 e. The van der Waals surface area contributed by atoms with E-state index in [9.17, 15) is 0 Å². The predicted octanol–water partition coefficient (Wildman–Crippen LogP) is 6.87. The number of furan rings is 2. The number of nitrogens with zero attached hydrogens (tertiary/aromatic N) is 2. The number of fused-ring (bicyclic) bond motifs is 8. The highest BCUT2D eigenvalue weighted by Crippen LogP contribution is 2.38. The Morgan fingerprint density at radius 1 is 0.812 bits per heavy atom. The average molecular weight is 417 g/mol. The van der Waals surface area contributed by atoms with Crippen molar-refractivity contribution in [2.24, 2.45) is 7.05 Å². The van der Waals surface area contributed by atoms with E-state index in [0.29, 0.717) is 5.78 Å². The van der Waals surface area contributed by atoms with Crippen LogP contribution in [0.5, 0.6) is 0 Å². The summed E-state index contributed by atoms with van der Waals surface area (Å²) in [6, 6.07) is 23.8. The molecular weight excluding hydrogens is 396 g/mol. The van der Waals surface area contributed by atoms with Crippen LogP contribution in [0.15, 0.2) is 81.8 Å². The molecule has 0 radical (unpaired) electrons. The van der Waals surface area contributed by atoms with Gasteiger partial charge in [0.15, 0.2) is 11.0 Å². The molecule has 0 unspecified atom stereocenters. The SMILES string of the molecule is Cc1ccccc1-n1c(C)[n+](C)c2ccc3ccc4cc5oc6occc6c5cc4c3c21. The molecular formula is C28H21N2O2+. The Hall–Kier alpha value is -4.05. The van der Waals surface area contributed by atoms with Crippen molar-refractivity contribution in [3.05, 3.63) is 84.4 Å². The van der Waals surface area contributed by atoms with Gasteiger partial charge >= 0.3 is 0 Å². The lowest BCUT2D eigenvalue weighted by atomic mass is 9.98. The molecule has 0 saturated carbocycles. The first kappa shape index (κ1) is 17.6. The zero-order chi connectivity index (χ0) is 21.6. The quantitative estimate of drug-likeness (QED) is 0.216. The minimum atomic E-state index is 0.579. The second kappa shape index (κ2) is 6.01. The Kier molecular flexibility index (Phi) is 3.31. The molecule has 0 aliphatic rings. The molecule has 0 fully saturated rings. The Labute approximate surface area is 183 Å². The summed E-state index contributed by atoms with van der Waals surface area (Å²) in [5.74, 6) is 1.77. The molecule has 0 atom stereocenters. The molecule has 0 saturated heterocycles. The summed E-state index contributed by atoms with van der Waals surface area (Å²) in [6.45, 7) is 4.36. The molecule has 0 amide bonds. The lowest BCUT2D eigenvalue weighted by Gasteiger charge is -2.08. The van der Waals surface area contributed by atoms with Crippen LogP contribution in [0.25, 0.3) is 60.4 Å². The van der Waals surface area contributed by atoms with E-state index in [2.05, 4.69) is 90.7 Å². The van der Waals surface area contributed by atoms with Crippen molar-refractivity contribution in [1.29, 1.82) is 0 Å². The Morgan fingerprint density at radius 3 is 2.50 bits per heavy atom. The number of para-hydroxylation sites is 1. The number of hydrogen-bond acceptors (Lipinski definition) is 2. The number of aromatic nitrogens is 2. The number of imidazole rings is 1. The van der Waals surface area contributed by atoms with Crippen molar-refractivity contribution in [2.45, 2.75) is 13.8 Å². The van der Waals surface area contributed by atoms with Gasteiger partial charge in [0.1, 0.15) is 11.3 Å². The number of benzene rings is 4. The summed E-state index contributed by atoms with van der Waals surface area (Å²) < 4.78 is 16.2. The minimum Gasteiger partial charge on any atom is -0.433 e. The van der Waals surface area contributed by atoms with E-state index in [1.165, 1.54) is 44.3 Å². The predicted molar refractivity (Wildman–Crippen MR) is 128 cm³/mol. The summed E-state index contributed by atoms with van der Waals surface area (Å²) in [5, 5.41) is 6.96. The maximum Gasteiger partial charge on any atom is 0.298 e. The third kappa shape index (κ3) is 2.14. The van der Waals surface area contributed by atoms with Gasteiger partial charge in [-0.25, -0.2) is 4.57 Å². The van der Waals surface area contributed by atoms with E-state index in [4.69, 9.17) is 8.83 Å². The Balaban J connectivity index is 1.75. The monoisotopic (exact) mass is 417 g/mol. The molecule has 0 bridgehead atoms. The van der Waals surface area contributed by atoms with E-state index in [1.54, 1.807) is 6.26 Å². The van der Waals surface area contributed by atoms with Crippen LogP contribution in [0.3, 0.4) is 0 Å². The first-order valence-electron chi connectivity index (χ1n) is 10.8. The fourth-order valence-corrected chi connectivity index (χ4v) is 5.21. The van der Waals surface area contributed by atoms with E-state index < -0.39 is 0 Å². The summed E-state index contributed by atoms with van der Waals surface area (Å²) in [7, 11) is 2.15. The van der Waals surface area contributed by atoms with Crippen molar-refractivity contribution >= 4 is 54.7 Å². The zero-order valence-corrected chi connectivity index (χ0v) is 18.1. The molecule has 0 N–H and O–H groups in total. The van der Waals surface area contributed by atoms with E-state index in [-0.39, 0.29) is 0 Å². The van der Waals surface area contributed by atoms with Crippen molar-refractivity contribution < 1.29 is 13.4 Å². The van der Waals surface area contributed by atoms with E-state index in [1.807, 2.05) is 6.07 Å². The van der Waals surface area contributed by atoms with Crippen LogP contribution in [0.2, 0.25) is 0 Å². The summed E-state index contributed by atoms with van der Waals surface area (Å²) in [6.07, 6.45) is 1.69. The summed E-state index contributed by atoms with van der Waals surface area (Å²) in [5.41, 5.74) is 5.76. The molecule has 7 aromatic rings. The standard InChI is InChI=1S/C28H21N2O2/c1-16-6-4-5-7-23(16)30-17(2)29(3)24-11-10-18-8-9-19-14-25-22(15-21(19)26(18)27(24)30)20-12-13-31-28(20)32-25/h4-15H,1-3H3/q+1. The lowest BCUT2D eigenvalue weighted by Crippen LogP contribution is -2.30. The second-order valence-corrected chi connectivity index (χ2v) is 8.62. The highest BCUT2D eigenvalue weighted by Gasteiger charge is 2.25. The Morgan fingerprint density at radius 2 is 1.62 bits per heavy atom. The molecule has 0 spiro atoms. The first-order valence-corrected chi connectivity index (χ1v) is 10.8. The van der Waals surface area contributed by atoms with Crippen LogP contribution in [-0.2, 0) is 7.05 Å². The minimum absolute atomic E-state index is 0.579. The van der Waals surface area contributed by atoms with Crippen molar-refractivity contribution in [3.8, 4) is 5.69 Å². The van der Waals surface area contributed by atoms with Gasteiger partial charge in [0.2, 0.25) is 0 Å². The fourth-order valence-electron chi connectivity index (χ4n) is 5.21. The third-order valence-electron chi connectivity index (χ3n) is 6.93. The van der Waals surface area contributed by atoms with Gasteiger partial charge < -0.3 is 8.83 Å². The molecule has 32 heavy (non-hydrogen) atoms. The normalized spacial score (nSPS) is 12.2. The van der Waals surface area contributed by atoms with Crippen LogP contribution in [0, 0.1) is 13.8 Å². The van der Waals surface area contributed by atoms with Crippen molar-refractivity contribution in [2.75, 3.05) is 0 Å². The first-order chi connectivity index (χ1) is 15.6. The van der Waals surface area contributed by atoms with Gasteiger partial charge in [-0.3, -0.25) is 0 Å². The van der Waals surface area contributed by atoms with Crippen LogP contribution in [-0.4, -0.2) is 4.57 Å². The van der Waals surface area contributed by atoms with Gasteiger partial charge in [-0.2, -0.15) is 4.57 Å². The lowest BCUT2D eigenvalue weighted by molar-refractivity contribution is -0.652. The Bertz CT molecular complexity index is 1860. The van der Waals surface area contributed by atoms with Gasteiger partial charge in [0, 0.05) is 17.7 Å². The van der Waals surface area contributed by atoms with Gasteiger partial charge in [-0.15, -0.1) is 0 Å².